The molecule has 2 aromatic carbocycles. The summed E-state index contributed by atoms with van der Waals surface area (Å²) in [5.74, 6) is -0.648. The van der Waals surface area contributed by atoms with Crippen molar-refractivity contribution in [2.45, 2.75) is 25.5 Å². The first-order valence-electron chi connectivity index (χ1n) is 9.97. The molecule has 3 aromatic rings. The maximum atomic E-state index is 13.1. The van der Waals surface area contributed by atoms with Crippen molar-refractivity contribution in [2.75, 3.05) is 13.2 Å². The SMILES string of the molecule is O=C(NC[C@H]1CCCO1)c1nn(-c2ccccc2)c(=O)n(Cc2cccc(Cl)c2)c1=O. The molecule has 1 atom stereocenters. The molecule has 9 heteroatoms. The van der Waals surface area contributed by atoms with E-state index in [1.165, 1.54) is 0 Å². The summed E-state index contributed by atoms with van der Waals surface area (Å²) in [4.78, 5) is 39.0. The van der Waals surface area contributed by atoms with Crippen LogP contribution >= 0.6 is 11.6 Å². The zero-order valence-corrected chi connectivity index (χ0v) is 17.4. The maximum Gasteiger partial charge on any atom is 0.352 e. The number of hydrogen-bond donors (Lipinski definition) is 1. The maximum absolute atomic E-state index is 13.1. The van der Waals surface area contributed by atoms with Gasteiger partial charge in [-0.1, -0.05) is 41.9 Å². The number of hydrogen-bond acceptors (Lipinski definition) is 5. The van der Waals surface area contributed by atoms with Crippen LogP contribution in [0.15, 0.2) is 64.2 Å². The zero-order valence-electron chi connectivity index (χ0n) is 16.7. The van der Waals surface area contributed by atoms with E-state index in [4.69, 9.17) is 16.3 Å². The lowest BCUT2D eigenvalue weighted by Gasteiger charge is -2.14. The van der Waals surface area contributed by atoms with Crippen molar-refractivity contribution < 1.29 is 9.53 Å². The van der Waals surface area contributed by atoms with Crippen LogP contribution in [0, 0.1) is 0 Å². The fourth-order valence-electron chi connectivity index (χ4n) is 3.45. The summed E-state index contributed by atoms with van der Waals surface area (Å²) in [5.41, 5.74) is -0.666. The average Bonchev–Trinajstić information content (AvgIpc) is 3.29. The Kier molecular flexibility index (Phi) is 6.29. The van der Waals surface area contributed by atoms with Crippen molar-refractivity contribution in [1.82, 2.24) is 19.7 Å². The second-order valence-corrected chi connectivity index (χ2v) is 7.68. The van der Waals surface area contributed by atoms with Crippen LogP contribution in [0.4, 0.5) is 0 Å². The summed E-state index contributed by atoms with van der Waals surface area (Å²) in [7, 11) is 0. The predicted octanol–water partition coefficient (Wildman–Crippen LogP) is 2.00. The summed E-state index contributed by atoms with van der Waals surface area (Å²) in [6, 6.07) is 15.5. The third kappa shape index (κ3) is 4.76. The number of rotatable bonds is 6. The fraction of sp³-hybridized carbons (Fsp3) is 0.273. The number of aromatic nitrogens is 3. The minimum atomic E-state index is -0.762. The van der Waals surface area contributed by atoms with Gasteiger partial charge >= 0.3 is 5.69 Å². The molecule has 0 bridgehead atoms. The highest BCUT2D eigenvalue weighted by molar-refractivity contribution is 6.30. The Bertz CT molecular complexity index is 1200. The van der Waals surface area contributed by atoms with E-state index in [0.29, 0.717) is 22.9 Å². The van der Waals surface area contributed by atoms with Gasteiger partial charge in [-0.15, -0.1) is 0 Å². The first-order chi connectivity index (χ1) is 15.0. The standard InChI is InChI=1S/C22H21ClN4O4/c23-16-7-4-6-15(12-16)14-26-21(29)19(20(28)24-13-18-10-5-11-31-18)25-27(22(26)30)17-8-2-1-3-9-17/h1-4,6-9,12,18H,5,10-11,13-14H2,(H,24,28)/t18-/m1/s1. The van der Waals surface area contributed by atoms with Gasteiger partial charge in [0.15, 0.2) is 0 Å². The minimum Gasteiger partial charge on any atom is -0.376 e. The highest BCUT2D eigenvalue weighted by Gasteiger charge is 2.22. The molecule has 0 radical (unpaired) electrons. The molecule has 1 N–H and O–H groups in total. The molecule has 1 fully saturated rings. The van der Waals surface area contributed by atoms with Gasteiger partial charge in [0.25, 0.3) is 11.5 Å². The molecule has 1 aromatic heterocycles. The van der Waals surface area contributed by atoms with E-state index in [2.05, 4.69) is 10.4 Å². The van der Waals surface area contributed by atoms with E-state index in [9.17, 15) is 14.4 Å². The second-order valence-electron chi connectivity index (χ2n) is 7.24. The van der Waals surface area contributed by atoms with E-state index in [-0.39, 0.29) is 24.9 Å². The van der Waals surface area contributed by atoms with E-state index in [0.717, 1.165) is 22.1 Å². The third-order valence-corrected chi connectivity index (χ3v) is 5.25. The predicted molar refractivity (Wildman–Crippen MR) is 116 cm³/mol. The molecular formula is C22H21ClN4O4. The Morgan fingerprint density at radius 1 is 1.16 bits per heavy atom. The monoisotopic (exact) mass is 440 g/mol. The zero-order chi connectivity index (χ0) is 21.8. The van der Waals surface area contributed by atoms with Crippen LogP contribution < -0.4 is 16.6 Å². The topological polar surface area (TPSA) is 95.2 Å². The van der Waals surface area contributed by atoms with Crippen molar-refractivity contribution in [3.63, 3.8) is 0 Å². The van der Waals surface area contributed by atoms with Crippen LogP contribution in [0.2, 0.25) is 5.02 Å². The summed E-state index contributed by atoms with van der Waals surface area (Å²) >= 11 is 6.04. The van der Waals surface area contributed by atoms with Crippen LogP contribution in [0.25, 0.3) is 5.69 Å². The lowest BCUT2D eigenvalue weighted by molar-refractivity contribution is 0.0849. The summed E-state index contributed by atoms with van der Waals surface area (Å²) < 4.78 is 7.56. The second kappa shape index (κ2) is 9.28. The van der Waals surface area contributed by atoms with E-state index in [1.807, 2.05) is 0 Å². The van der Waals surface area contributed by atoms with E-state index >= 15 is 0 Å². The van der Waals surface area contributed by atoms with Gasteiger partial charge < -0.3 is 10.1 Å². The molecule has 160 valence electrons. The highest BCUT2D eigenvalue weighted by Crippen LogP contribution is 2.12. The Labute approximate surface area is 183 Å². The summed E-state index contributed by atoms with van der Waals surface area (Å²) in [5, 5.41) is 7.29. The largest absolute Gasteiger partial charge is 0.376 e. The smallest absolute Gasteiger partial charge is 0.352 e. The molecule has 4 rings (SSSR count). The molecule has 1 aliphatic rings. The van der Waals surface area contributed by atoms with Crippen molar-refractivity contribution in [3.8, 4) is 5.69 Å². The number of para-hydroxylation sites is 1. The van der Waals surface area contributed by atoms with Crippen LogP contribution in [0.5, 0.6) is 0 Å². The van der Waals surface area contributed by atoms with Crippen LogP contribution in [0.1, 0.15) is 28.9 Å². The fourth-order valence-corrected chi connectivity index (χ4v) is 3.66. The van der Waals surface area contributed by atoms with Crippen LogP contribution in [-0.4, -0.2) is 39.5 Å². The number of carbonyl (C=O) groups excluding carboxylic acids is 1. The van der Waals surface area contributed by atoms with Crippen molar-refractivity contribution in [1.29, 1.82) is 0 Å². The number of halogens is 1. The quantitative estimate of drug-likeness (QED) is 0.632. The van der Waals surface area contributed by atoms with Crippen molar-refractivity contribution in [3.05, 3.63) is 91.7 Å². The Morgan fingerprint density at radius 2 is 1.97 bits per heavy atom. The van der Waals surface area contributed by atoms with Crippen molar-refractivity contribution >= 4 is 17.5 Å². The van der Waals surface area contributed by atoms with E-state index in [1.54, 1.807) is 54.6 Å². The first-order valence-corrected chi connectivity index (χ1v) is 10.3. The minimum absolute atomic E-state index is 0.0421. The lowest BCUT2D eigenvalue weighted by atomic mass is 10.2. The van der Waals surface area contributed by atoms with Crippen molar-refractivity contribution in [2.24, 2.45) is 0 Å². The molecule has 2 heterocycles. The van der Waals surface area contributed by atoms with Gasteiger partial charge in [0.05, 0.1) is 18.3 Å². The highest BCUT2D eigenvalue weighted by atomic mass is 35.5. The first kappa shape index (κ1) is 21.0. The van der Waals surface area contributed by atoms with Gasteiger partial charge in [-0.25, -0.2) is 4.79 Å². The average molecular weight is 441 g/mol. The number of carbonyl (C=O) groups is 1. The van der Waals surface area contributed by atoms with E-state index < -0.39 is 17.2 Å². The van der Waals surface area contributed by atoms with Gasteiger partial charge in [0.2, 0.25) is 5.69 Å². The van der Waals surface area contributed by atoms with Crippen LogP contribution in [0.3, 0.4) is 0 Å². The number of nitrogens with zero attached hydrogens (tertiary/aromatic N) is 3. The third-order valence-electron chi connectivity index (χ3n) is 5.02. The van der Waals surface area contributed by atoms with Gasteiger partial charge in [-0.3, -0.25) is 14.2 Å². The van der Waals surface area contributed by atoms with Gasteiger partial charge in [0.1, 0.15) is 0 Å². The number of ether oxygens (including phenoxy) is 1. The molecule has 1 amide bonds. The van der Waals surface area contributed by atoms with Gasteiger partial charge in [-0.05, 0) is 42.7 Å². The van der Waals surface area contributed by atoms with Crippen LogP contribution in [-0.2, 0) is 11.3 Å². The molecule has 0 unspecified atom stereocenters. The Balaban J connectivity index is 1.75. The van der Waals surface area contributed by atoms with Gasteiger partial charge in [0, 0.05) is 18.2 Å². The molecule has 8 nitrogen and oxygen atoms in total. The molecule has 31 heavy (non-hydrogen) atoms. The molecule has 0 saturated carbocycles. The summed E-state index contributed by atoms with van der Waals surface area (Å²) in [6.07, 6.45) is 1.69. The molecule has 0 spiro atoms. The number of benzene rings is 2. The van der Waals surface area contributed by atoms with Gasteiger partial charge in [-0.2, -0.15) is 9.78 Å². The number of nitrogens with one attached hydrogen (secondary N) is 1. The normalized spacial score (nSPS) is 15.7. The Morgan fingerprint density at radius 3 is 2.68 bits per heavy atom. The number of amides is 1. The lowest BCUT2D eigenvalue weighted by Crippen LogP contribution is -2.46. The molecule has 1 saturated heterocycles. The molecular weight excluding hydrogens is 420 g/mol. The Hall–Kier alpha value is -3.23. The molecule has 1 aliphatic heterocycles. The summed E-state index contributed by atoms with van der Waals surface area (Å²) in [6.45, 7) is 0.891. The molecule has 0 aliphatic carbocycles.